The molecule has 0 N–H and O–H groups in total. The number of para-hydroxylation sites is 4. The van der Waals surface area contributed by atoms with E-state index in [-0.39, 0.29) is 6.17 Å². The molecule has 0 aliphatic carbocycles. The van der Waals surface area contributed by atoms with Crippen molar-refractivity contribution >= 4 is 22.7 Å². The molecule has 1 aliphatic heterocycles. The van der Waals surface area contributed by atoms with Crippen LogP contribution in [0.1, 0.15) is 18.1 Å². The van der Waals surface area contributed by atoms with E-state index in [1.165, 1.54) is 33.9 Å². The third-order valence-corrected chi connectivity index (χ3v) is 4.90. The van der Waals surface area contributed by atoms with E-state index in [2.05, 4.69) is 103 Å². The first-order chi connectivity index (χ1) is 11.7. The maximum atomic E-state index is 2.44. The Balaban J connectivity index is 1.91. The lowest BCUT2D eigenvalue weighted by Gasteiger charge is -2.32. The Bertz CT molecular complexity index is 812. The smallest absolute Gasteiger partial charge is 0.108 e. The Morgan fingerprint density at radius 3 is 1.25 bits per heavy atom. The highest BCUT2D eigenvalue weighted by Gasteiger charge is 2.35. The van der Waals surface area contributed by atoms with Gasteiger partial charge in [-0.3, -0.25) is 0 Å². The van der Waals surface area contributed by atoms with E-state index in [9.17, 15) is 0 Å². The van der Waals surface area contributed by atoms with Gasteiger partial charge in [0.2, 0.25) is 0 Å². The average molecular weight is 314 g/mol. The Morgan fingerprint density at radius 1 is 0.542 bits per heavy atom. The van der Waals surface area contributed by atoms with Crippen molar-refractivity contribution in [3.05, 3.63) is 83.9 Å². The Labute approximate surface area is 144 Å². The molecule has 2 nitrogen and oxygen atoms in total. The first-order valence-electron chi connectivity index (χ1n) is 8.47. The van der Waals surface area contributed by atoms with Gasteiger partial charge in [0.05, 0.1) is 11.4 Å². The van der Waals surface area contributed by atoms with E-state index >= 15 is 0 Å². The summed E-state index contributed by atoms with van der Waals surface area (Å²) >= 11 is 0. The predicted octanol–water partition coefficient (Wildman–Crippen LogP) is 5.94. The maximum Gasteiger partial charge on any atom is 0.108 e. The van der Waals surface area contributed by atoms with Crippen molar-refractivity contribution in [2.24, 2.45) is 0 Å². The van der Waals surface area contributed by atoms with Crippen LogP contribution in [-0.2, 0) is 0 Å². The van der Waals surface area contributed by atoms with Crippen molar-refractivity contribution in [1.82, 2.24) is 0 Å². The molecule has 0 aromatic heterocycles. The Hall–Kier alpha value is -2.74. The first-order valence-corrected chi connectivity index (χ1v) is 8.47. The van der Waals surface area contributed by atoms with Crippen molar-refractivity contribution in [2.45, 2.75) is 26.9 Å². The quantitative estimate of drug-likeness (QED) is 0.577. The fourth-order valence-corrected chi connectivity index (χ4v) is 3.72. The van der Waals surface area contributed by atoms with Gasteiger partial charge in [0, 0.05) is 11.4 Å². The largest absolute Gasteiger partial charge is 0.318 e. The Kier molecular flexibility index (Phi) is 3.53. The van der Waals surface area contributed by atoms with E-state index in [0.717, 1.165) is 0 Å². The summed E-state index contributed by atoms with van der Waals surface area (Å²) in [6.07, 6.45) is 0.226. The number of anilines is 4. The van der Waals surface area contributed by atoms with Gasteiger partial charge in [0.25, 0.3) is 0 Å². The molecule has 0 bridgehead atoms. The lowest BCUT2D eigenvalue weighted by molar-refractivity contribution is 0.758. The van der Waals surface area contributed by atoms with Crippen molar-refractivity contribution < 1.29 is 0 Å². The molecule has 0 atom stereocenters. The number of hydrogen-bond acceptors (Lipinski definition) is 2. The lowest BCUT2D eigenvalue weighted by atomic mass is 10.1. The maximum absolute atomic E-state index is 2.44. The molecule has 2 heteroatoms. The Morgan fingerprint density at radius 2 is 0.875 bits per heavy atom. The van der Waals surface area contributed by atoms with E-state index in [0.29, 0.717) is 0 Å². The second kappa shape index (κ2) is 5.72. The van der Waals surface area contributed by atoms with Crippen LogP contribution in [0, 0.1) is 13.8 Å². The second-order valence-corrected chi connectivity index (χ2v) is 6.43. The number of hydrogen-bond donors (Lipinski definition) is 0. The average Bonchev–Trinajstić information content (AvgIpc) is 2.88. The molecule has 3 aromatic rings. The van der Waals surface area contributed by atoms with Crippen LogP contribution in [0.25, 0.3) is 0 Å². The molecule has 0 radical (unpaired) electrons. The van der Waals surface area contributed by atoms with Crippen LogP contribution >= 0.6 is 0 Å². The highest BCUT2D eigenvalue weighted by molar-refractivity contribution is 5.89. The number of fused-ring (bicyclic) bond motifs is 1. The summed E-state index contributed by atoms with van der Waals surface area (Å²) < 4.78 is 0. The minimum Gasteiger partial charge on any atom is -0.318 e. The van der Waals surface area contributed by atoms with Gasteiger partial charge in [-0.15, -0.1) is 0 Å². The van der Waals surface area contributed by atoms with Crippen LogP contribution in [0.5, 0.6) is 0 Å². The van der Waals surface area contributed by atoms with Crippen molar-refractivity contribution in [3.8, 4) is 0 Å². The number of aryl methyl sites for hydroxylation is 2. The van der Waals surface area contributed by atoms with Gasteiger partial charge < -0.3 is 9.80 Å². The minimum atomic E-state index is 0.226. The lowest BCUT2D eigenvalue weighted by Crippen LogP contribution is -2.35. The summed E-state index contributed by atoms with van der Waals surface area (Å²) in [5.74, 6) is 0. The van der Waals surface area contributed by atoms with E-state index in [1.54, 1.807) is 0 Å². The van der Waals surface area contributed by atoms with Gasteiger partial charge in [-0.2, -0.15) is 0 Å². The zero-order valence-electron chi connectivity index (χ0n) is 14.4. The molecule has 0 spiro atoms. The van der Waals surface area contributed by atoms with Crippen LogP contribution in [0.2, 0.25) is 0 Å². The topological polar surface area (TPSA) is 6.48 Å². The van der Waals surface area contributed by atoms with Crippen molar-refractivity contribution in [1.29, 1.82) is 0 Å². The summed E-state index contributed by atoms with van der Waals surface area (Å²) in [6, 6.07) is 25.9. The summed E-state index contributed by atoms with van der Waals surface area (Å²) in [6.45, 7) is 6.64. The second-order valence-electron chi connectivity index (χ2n) is 6.43. The van der Waals surface area contributed by atoms with E-state index in [4.69, 9.17) is 0 Å². The summed E-state index contributed by atoms with van der Waals surface area (Å²) in [4.78, 5) is 4.88. The first kappa shape index (κ1) is 14.8. The van der Waals surface area contributed by atoms with Crippen LogP contribution in [0.3, 0.4) is 0 Å². The summed E-state index contributed by atoms with van der Waals surface area (Å²) in [5.41, 5.74) is 7.67. The van der Waals surface area contributed by atoms with E-state index in [1.807, 2.05) is 0 Å². The molecular formula is C22H22N2. The van der Waals surface area contributed by atoms with Gasteiger partial charge >= 0.3 is 0 Å². The van der Waals surface area contributed by atoms with Gasteiger partial charge in [-0.05, 0) is 56.2 Å². The van der Waals surface area contributed by atoms with Crippen LogP contribution in [0.4, 0.5) is 22.7 Å². The van der Waals surface area contributed by atoms with Crippen LogP contribution in [0.15, 0.2) is 72.8 Å². The van der Waals surface area contributed by atoms with Gasteiger partial charge in [-0.25, -0.2) is 0 Å². The summed E-state index contributed by atoms with van der Waals surface area (Å²) in [5, 5.41) is 0. The fraction of sp³-hybridized carbons (Fsp3) is 0.182. The molecule has 0 saturated heterocycles. The highest BCUT2D eigenvalue weighted by atomic mass is 15.4. The normalized spacial score (nSPS) is 14.1. The standard InChI is InChI=1S/C22H22N2/c1-16-10-4-6-12-19(16)23-18(3)24(20-13-7-5-11-17(20)2)22-15-9-8-14-21(22)23/h4-15,18H,1-3H3. The molecule has 120 valence electrons. The molecule has 0 saturated carbocycles. The molecule has 4 rings (SSSR count). The third-order valence-electron chi connectivity index (χ3n) is 4.90. The van der Waals surface area contributed by atoms with Crippen LogP contribution in [-0.4, -0.2) is 6.17 Å². The minimum absolute atomic E-state index is 0.226. The molecule has 0 amide bonds. The molecule has 3 aromatic carbocycles. The molecule has 1 aliphatic rings. The summed E-state index contributed by atoms with van der Waals surface area (Å²) in [7, 11) is 0. The molecule has 1 heterocycles. The molecule has 0 fully saturated rings. The number of rotatable bonds is 2. The zero-order valence-corrected chi connectivity index (χ0v) is 14.4. The fourth-order valence-electron chi connectivity index (χ4n) is 3.72. The third kappa shape index (κ3) is 2.18. The van der Waals surface area contributed by atoms with Gasteiger partial charge in [-0.1, -0.05) is 48.5 Å². The van der Waals surface area contributed by atoms with Crippen molar-refractivity contribution in [2.75, 3.05) is 9.80 Å². The molecular weight excluding hydrogens is 292 g/mol. The highest BCUT2D eigenvalue weighted by Crippen LogP contribution is 2.48. The van der Waals surface area contributed by atoms with Gasteiger partial charge in [0.1, 0.15) is 6.17 Å². The SMILES string of the molecule is Cc1ccccc1N1c2ccccc2N(c2ccccc2C)C1C. The van der Waals surface area contributed by atoms with Crippen molar-refractivity contribution in [3.63, 3.8) is 0 Å². The van der Waals surface area contributed by atoms with Crippen LogP contribution < -0.4 is 9.80 Å². The predicted molar refractivity (Wildman–Crippen MR) is 103 cm³/mol. The number of benzene rings is 3. The van der Waals surface area contributed by atoms with Gasteiger partial charge in [0.15, 0.2) is 0 Å². The molecule has 24 heavy (non-hydrogen) atoms. The monoisotopic (exact) mass is 314 g/mol. The molecule has 0 unspecified atom stereocenters. The number of nitrogens with zero attached hydrogens (tertiary/aromatic N) is 2. The zero-order chi connectivity index (χ0) is 16.7. The van der Waals surface area contributed by atoms with E-state index < -0.39 is 0 Å².